The number of hydrogen-bond acceptors (Lipinski definition) is 6. The smallest absolute Gasteiger partial charge is 0.408 e. The molecule has 0 unspecified atom stereocenters. The van der Waals surface area contributed by atoms with E-state index in [9.17, 15) is 24.0 Å². The van der Waals surface area contributed by atoms with Crippen LogP contribution in [0.15, 0.2) is 0 Å². The summed E-state index contributed by atoms with van der Waals surface area (Å²) >= 11 is 0. The van der Waals surface area contributed by atoms with Gasteiger partial charge in [-0.2, -0.15) is 0 Å². The molecule has 2 rings (SSSR count). The van der Waals surface area contributed by atoms with Crippen LogP contribution >= 0.6 is 0 Å². The molecule has 3 N–H and O–H groups in total. The van der Waals surface area contributed by atoms with Gasteiger partial charge in [-0.3, -0.25) is 14.4 Å². The molecule has 0 aromatic rings. The van der Waals surface area contributed by atoms with Crippen molar-refractivity contribution in [1.82, 2.24) is 20.9 Å². The van der Waals surface area contributed by atoms with E-state index in [0.29, 0.717) is 25.8 Å². The van der Waals surface area contributed by atoms with Crippen LogP contribution in [0.25, 0.3) is 0 Å². The lowest BCUT2D eigenvalue weighted by molar-refractivity contribution is -0.143. The number of carbonyl (C=O) groups excluding carboxylic acids is 5. The lowest BCUT2D eigenvalue weighted by Gasteiger charge is -2.37. The zero-order valence-corrected chi connectivity index (χ0v) is 23.8. The van der Waals surface area contributed by atoms with Gasteiger partial charge in [-0.25, -0.2) is 4.79 Å². The number of nitrogens with one attached hydrogen (secondary N) is 3. The molecule has 2 aliphatic rings. The van der Waals surface area contributed by atoms with Gasteiger partial charge in [0.2, 0.25) is 17.7 Å². The summed E-state index contributed by atoms with van der Waals surface area (Å²) in [6.45, 7) is 17.7. The normalized spacial score (nSPS) is 25.9. The molecule has 0 aromatic carbocycles. The van der Waals surface area contributed by atoms with Crippen molar-refractivity contribution in [2.45, 2.75) is 98.9 Å². The van der Waals surface area contributed by atoms with Crippen LogP contribution in [0, 0.1) is 29.1 Å². The molecule has 0 saturated carbocycles. The summed E-state index contributed by atoms with van der Waals surface area (Å²) in [4.78, 5) is 65.6. The number of ether oxygens (including phenoxy) is 1. The number of likely N-dealkylation sites (tertiary alicyclic amines) is 1. The van der Waals surface area contributed by atoms with E-state index in [0.717, 1.165) is 0 Å². The second-order valence-corrected chi connectivity index (χ2v) is 12.9. The highest BCUT2D eigenvalue weighted by atomic mass is 16.6. The Morgan fingerprint density at radius 1 is 1.14 bits per heavy atom. The fourth-order valence-electron chi connectivity index (χ4n) is 5.46. The van der Waals surface area contributed by atoms with Gasteiger partial charge >= 0.3 is 6.09 Å². The van der Waals surface area contributed by atoms with E-state index in [1.165, 1.54) is 0 Å². The predicted molar refractivity (Wildman–Crippen MR) is 139 cm³/mol. The summed E-state index contributed by atoms with van der Waals surface area (Å²) in [5, 5.41) is 8.28. The standard InChI is InChI=1S/C27H46N4O6/c1-15(2)19-16(3)13-31(24(35)21(26(4,5)6)30-25(36)37-27(7,8)9)20(19)23(34)29-18(14-32)12-17-10-11-28-22(17)33/h14-21H,10-13H2,1-9H3,(H,28,33)(H,29,34)(H,30,36)/t16-,17-,18-,19-,20-,21+/m0/s1. The van der Waals surface area contributed by atoms with E-state index in [4.69, 9.17) is 4.74 Å². The Labute approximate surface area is 221 Å². The Morgan fingerprint density at radius 3 is 2.22 bits per heavy atom. The summed E-state index contributed by atoms with van der Waals surface area (Å²) < 4.78 is 5.40. The number of rotatable bonds is 8. The van der Waals surface area contributed by atoms with Crippen LogP contribution in [0.1, 0.15) is 75.2 Å². The molecular weight excluding hydrogens is 476 g/mol. The molecular formula is C27H46N4O6. The molecule has 0 bridgehead atoms. The van der Waals surface area contributed by atoms with Gasteiger partial charge in [0.1, 0.15) is 24.0 Å². The summed E-state index contributed by atoms with van der Waals surface area (Å²) in [7, 11) is 0. The first kappa shape index (κ1) is 30.6. The van der Waals surface area contributed by atoms with Gasteiger partial charge in [-0.1, -0.05) is 41.5 Å². The molecule has 0 aromatic heterocycles. The Morgan fingerprint density at radius 2 is 1.76 bits per heavy atom. The SMILES string of the molecule is CC(C)[C@@H]1[C@@H](C(=O)N[C@H](C=O)C[C@@H]2CCNC2=O)N(C(=O)[C@@H](NC(=O)OC(C)(C)C)C(C)(C)C)C[C@@H]1C. The van der Waals surface area contributed by atoms with Crippen LogP contribution in [0.3, 0.4) is 0 Å². The van der Waals surface area contributed by atoms with Crippen LogP contribution in [-0.2, 0) is 23.9 Å². The lowest BCUT2D eigenvalue weighted by Crippen LogP contribution is -2.59. The van der Waals surface area contributed by atoms with Crippen molar-refractivity contribution < 1.29 is 28.7 Å². The van der Waals surface area contributed by atoms with Gasteiger partial charge in [0.05, 0.1) is 6.04 Å². The van der Waals surface area contributed by atoms with Crippen molar-refractivity contribution in [3.05, 3.63) is 0 Å². The maximum absolute atomic E-state index is 14.0. The fraction of sp³-hybridized carbons (Fsp3) is 0.815. The second-order valence-electron chi connectivity index (χ2n) is 12.9. The van der Waals surface area contributed by atoms with Crippen molar-refractivity contribution in [3.8, 4) is 0 Å². The largest absolute Gasteiger partial charge is 0.444 e. The third-order valence-electron chi connectivity index (χ3n) is 7.13. The number of nitrogens with zero attached hydrogens (tertiary/aromatic N) is 1. The minimum absolute atomic E-state index is 0.0251. The van der Waals surface area contributed by atoms with Crippen molar-refractivity contribution in [2.75, 3.05) is 13.1 Å². The molecule has 10 heteroatoms. The zero-order valence-electron chi connectivity index (χ0n) is 23.8. The number of hydrogen-bond donors (Lipinski definition) is 3. The van der Waals surface area contributed by atoms with Gasteiger partial charge in [0.15, 0.2) is 0 Å². The first-order chi connectivity index (χ1) is 17.0. The van der Waals surface area contributed by atoms with Gasteiger partial charge in [-0.05, 0) is 56.8 Å². The van der Waals surface area contributed by atoms with Crippen LogP contribution in [-0.4, -0.2) is 71.8 Å². The van der Waals surface area contributed by atoms with Gasteiger partial charge in [0.25, 0.3) is 0 Å². The summed E-state index contributed by atoms with van der Waals surface area (Å²) in [5.74, 6) is -1.27. The lowest BCUT2D eigenvalue weighted by atomic mass is 9.81. The average molecular weight is 523 g/mol. The van der Waals surface area contributed by atoms with Crippen LogP contribution in [0.2, 0.25) is 0 Å². The van der Waals surface area contributed by atoms with Crippen molar-refractivity contribution in [1.29, 1.82) is 0 Å². The molecule has 2 aliphatic heterocycles. The van der Waals surface area contributed by atoms with E-state index < -0.39 is 41.1 Å². The first-order valence-corrected chi connectivity index (χ1v) is 13.3. The number of alkyl carbamates (subject to hydrolysis) is 1. The highest BCUT2D eigenvalue weighted by Gasteiger charge is 2.50. The number of aldehydes is 1. The average Bonchev–Trinajstić information content (AvgIpc) is 3.31. The van der Waals surface area contributed by atoms with Crippen LogP contribution in [0.4, 0.5) is 4.79 Å². The van der Waals surface area contributed by atoms with Crippen LogP contribution < -0.4 is 16.0 Å². The van der Waals surface area contributed by atoms with E-state index >= 15 is 0 Å². The molecule has 10 nitrogen and oxygen atoms in total. The fourth-order valence-corrected chi connectivity index (χ4v) is 5.46. The van der Waals surface area contributed by atoms with Crippen LogP contribution in [0.5, 0.6) is 0 Å². The summed E-state index contributed by atoms with van der Waals surface area (Å²) in [6, 6.07) is -2.58. The maximum atomic E-state index is 14.0. The van der Waals surface area contributed by atoms with Crippen molar-refractivity contribution >= 4 is 30.1 Å². The third-order valence-corrected chi connectivity index (χ3v) is 7.13. The Balaban J connectivity index is 2.31. The topological polar surface area (TPSA) is 134 Å². The zero-order chi connectivity index (χ0) is 28.3. The molecule has 2 fully saturated rings. The van der Waals surface area contributed by atoms with E-state index in [1.54, 1.807) is 25.7 Å². The molecule has 2 saturated heterocycles. The van der Waals surface area contributed by atoms with Gasteiger partial charge in [-0.15, -0.1) is 0 Å². The molecule has 0 aliphatic carbocycles. The molecule has 0 spiro atoms. The molecule has 2 heterocycles. The van der Waals surface area contributed by atoms with Gasteiger partial charge < -0.3 is 30.4 Å². The monoisotopic (exact) mass is 522 g/mol. The van der Waals surface area contributed by atoms with Crippen molar-refractivity contribution in [3.63, 3.8) is 0 Å². The first-order valence-electron chi connectivity index (χ1n) is 13.3. The number of amides is 4. The number of carbonyl (C=O) groups is 5. The highest BCUT2D eigenvalue weighted by molar-refractivity contribution is 5.93. The summed E-state index contributed by atoms with van der Waals surface area (Å²) in [5.41, 5.74) is -1.39. The highest BCUT2D eigenvalue weighted by Crippen LogP contribution is 2.37. The molecule has 37 heavy (non-hydrogen) atoms. The predicted octanol–water partition coefficient (Wildman–Crippen LogP) is 2.25. The quantitative estimate of drug-likeness (QED) is 0.419. The Hall–Kier alpha value is -2.65. The van der Waals surface area contributed by atoms with E-state index in [-0.39, 0.29) is 41.9 Å². The van der Waals surface area contributed by atoms with Gasteiger partial charge in [0, 0.05) is 19.0 Å². The molecule has 4 amide bonds. The molecule has 0 radical (unpaired) electrons. The molecule has 6 atom stereocenters. The molecule has 210 valence electrons. The Bertz CT molecular complexity index is 875. The second kappa shape index (κ2) is 11.8. The minimum atomic E-state index is -0.931. The maximum Gasteiger partial charge on any atom is 0.408 e. The van der Waals surface area contributed by atoms with E-state index in [1.807, 2.05) is 41.5 Å². The van der Waals surface area contributed by atoms with E-state index in [2.05, 4.69) is 16.0 Å². The third kappa shape index (κ3) is 7.92. The van der Waals surface area contributed by atoms with Crippen molar-refractivity contribution in [2.24, 2.45) is 29.1 Å². The minimum Gasteiger partial charge on any atom is -0.444 e. The summed E-state index contributed by atoms with van der Waals surface area (Å²) in [6.07, 6.45) is 0.780. The Kier molecular flexibility index (Phi) is 9.76.